The third-order valence-electron chi connectivity index (χ3n) is 5.73. The molecule has 0 aliphatic rings. The van der Waals surface area contributed by atoms with Gasteiger partial charge >= 0.3 is 6.18 Å². The molecule has 0 aromatic heterocycles. The molecule has 8 nitrogen and oxygen atoms in total. The molecule has 38 heavy (non-hydrogen) atoms. The monoisotopic (exact) mass is 577 g/mol. The van der Waals surface area contributed by atoms with E-state index < -0.39 is 51.2 Å². The number of halogens is 4. The van der Waals surface area contributed by atoms with Crippen LogP contribution in [0.3, 0.4) is 0 Å². The molecule has 0 aliphatic heterocycles. The molecule has 2 aromatic rings. The Kier molecular flexibility index (Phi) is 10.8. The second-order valence-electron chi connectivity index (χ2n) is 8.62. The summed E-state index contributed by atoms with van der Waals surface area (Å²) in [5, 5.41) is 2.13. The first-order chi connectivity index (χ1) is 17.7. The summed E-state index contributed by atoms with van der Waals surface area (Å²) in [5.41, 5.74) is -0.998. The summed E-state index contributed by atoms with van der Waals surface area (Å²) >= 11 is 5.68. The summed E-state index contributed by atoms with van der Waals surface area (Å²) < 4.78 is 71.1. The topological polar surface area (TPSA) is 96.0 Å². The Morgan fingerprint density at radius 2 is 1.76 bits per heavy atom. The lowest BCUT2D eigenvalue weighted by molar-refractivity contribution is -0.139. The van der Waals surface area contributed by atoms with Gasteiger partial charge in [0, 0.05) is 13.1 Å². The van der Waals surface area contributed by atoms with Crippen LogP contribution in [0, 0.1) is 0 Å². The zero-order valence-corrected chi connectivity index (χ0v) is 23.1. The largest absolute Gasteiger partial charge is 0.497 e. The van der Waals surface area contributed by atoms with Crippen molar-refractivity contribution < 1.29 is 35.9 Å². The number of benzene rings is 2. The molecule has 210 valence electrons. The zero-order chi connectivity index (χ0) is 28.7. The second kappa shape index (κ2) is 13.2. The Hall–Kier alpha value is -2.99. The van der Waals surface area contributed by atoms with Crippen LogP contribution in [0.5, 0.6) is 5.75 Å². The van der Waals surface area contributed by atoms with Crippen LogP contribution in [0.1, 0.15) is 37.8 Å². The molecule has 0 aliphatic carbocycles. The van der Waals surface area contributed by atoms with Gasteiger partial charge in [-0.2, -0.15) is 13.2 Å². The van der Waals surface area contributed by atoms with Crippen molar-refractivity contribution in [3.8, 4) is 5.75 Å². The summed E-state index contributed by atoms with van der Waals surface area (Å²) in [4.78, 5) is 27.5. The van der Waals surface area contributed by atoms with E-state index in [1.54, 1.807) is 24.3 Å². The number of anilines is 1. The molecule has 2 amide bonds. The number of alkyl halides is 3. The Bertz CT molecular complexity index is 1220. The molecular formula is C25H31ClF3N3O5S. The van der Waals surface area contributed by atoms with E-state index in [0.717, 1.165) is 31.2 Å². The lowest BCUT2D eigenvalue weighted by Gasteiger charge is -2.31. The summed E-state index contributed by atoms with van der Waals surface area (Å²) in [5.74, 6) is -0.659. The minimum absolute atomic E-state index is 0.0583. The SMILES string of the molecule is CCCCNC(=O)[C@H](C)N(Cc1ccc(OC)cc1)C(=O)CN(c1ccc(Cl)c(C(F)(F)F)c1)S(C)(=O)=O. The summed E-state index contributed by atoms with van der Waals surface area (Å²) in [6, 6.07) is 8.28. The third kappa shape index (κ3) is 8.52. The van der Waals surface area contributed by atoms with Crippen LogP contribution < -0.4 is 14.4 Å². The molecule has 2 rings (SSSR count). The van der Waals surface area contributed by atoms with Gasteiger partial charge in [0.15, 0.2) is 0 Å². The fourth-order valence-electron chi connectivity index (χ4n) is 3.55. The Labute approximate surface area is 225 Å². The Balaban J connectivity index is 2.44. The van der Waals surface area contributed by atoms with Crippen molar-refractivity contribution in [1.82, 2.24) is 10.2 Å². The number of sulfonamides is 1. The number of nitrogens with zero attached hydrogens (tertiary/aromatic N) is 2. The first-order valence-corrected chi connectivity index (χ1v) is 14.0. The summed E-state index contributed by atoms with van der Waals surface area (Å²) in [6.45, 7) is 2.95. The molecule has 0 spiro atoms. The van der Waals surface area contributed by atoms with Crippen LogP contribution in [0.2, 0.25) is 5.02 Å². The molecule has 1 N–H and O–H groups in total. The first kappa shape index (κ1) is 31.2. The molecule has 0 unspecified atom stereocenters. The highest BCUT2D eigenvalue weighted by Crippen LogP contribution is 2.37. The van der Waals surface area contributed by atoms with Crippen molar-refractivity contribution in [2.24, 2.45) is 0 Å². The van der Waals surface area contributed by atoms with Gasteiger partial charge in [-0.1, -0.05) is 37.1 Å². The number of unbranched alkanes of at least 4 members (excludes halogenated alkanes) is 1. The minimum atomic E-state index is -4.84. The molecular weight excluding hydrogens is 547 g/mol. The van der Waals surface area contributed by atoms with Gasteiger partial charge in [-0.05, 0) is 49.2 Å². The highest BCUT2D eigenvalue weighted by Gasteiger charge is 2.35. The van der Waals surface area contributed by atoms with E-state index in [2.05, 4.69) is 5.32 Å². The molecule has 13 heteroatoms. The normalized spacial score (nSPS) is 12.5. The number of rotatable bonds is 12. The van der Waals surface area contributed by atoms with Gasteiger partial charge in [-0.15, -0.1) is 0 Å². The standard InChI is InChI=1S/C25H31ClF3N3O5S/c1-5-6-13-30-24(34)17(2)31(15-18-7-10-20(37-3)11-8-18)23(33)16-32(38(4,35)36)19-9-12-22(26)21(14-19)25(27,28)29/h7-12,14,17H,5-6,13,15-16H2,1-4H3,(H,30,34)/t17-/m0/s1. The fraction of sp³-hybridized carbons (Fsp3) is 0.440. The van der Waals surface area contributed by atoms with E-state index in [9.17, 15) is 31.2 Å². The molecule has 0 radical (unpaired) electrons. The van der Waals surface area contributed by atoms with Crippen molar-refractivity contribution >= 4 is 39.1 Å². The smallest absolute Gasteiger partial charge is 0.417 e. The molecule has 1 atom stereocenters. The van der Waals surface area contributed by atoms with Crippen molar-refractivity contribution in [1.29, 1.82) is 0 Å². The lowest BCUT2D eigenvalue weighted by Crippen LogP contribution is -2.51. The van der Waals surface area contributed by atoms with Crippen LogP contribution in [0.15, 0.2) is 42.5 Å². The van der Waals surface area contributed by atoms with Crippen molar-refractivity contribution in [3.63, 3.8) is 0 Å². The molecule has 0 bridgehead atoms. The number of ether oxygens (including phenoxy) is 1. The van der Waals surface area contributed by atoms with Gasteiger partial charge in [0.25, 0.3) is 0 Å². The Morgan fingerprint density at radius 1 is 1.13 bits per heavy atom. The van der Waals surface area contributed by atoms with E-state index in [4.69, 9.17) is 16.3 Å². The maximum absolute atomic E-state index is 13.5. The van der Waals surface area contributed by atoms with E-state index in [1.807, 2.05) is 6.92 Å². The van der Waals surface area contributed by atoms with Gasteiger partial charge in [0.1, 0.15) is 18.3 Å². The van der Waals surface area contributed by atoms with Gasteiger partial charge in [-0.3, -0.25) is 13.9 Å². The van der Waals surface area contributed by atoms with Crippen molar-refractivity contribution in [2.75, 3.05) is 30.8 Å². The van der Waals surface area contributed by atoms with Crippen LogP contribution >= 0.6 is 11.6 Å². The second-order valence-corrected chi connectivity index (χ2v) is 10.9. The van der Waals surface area contributed by atoms with Gasteiger partial charge in [0.05, 0.1) is 29.6 Å². The number of hydrogen-bond acceptors (Lipinski definition) is 5. The van der Waals surface area contributed by atoms with E-state index in [-0.39, 0.29) is 12.2 Å². The predicted octanol–water partition coefficient (Wildman–Crippen LogP) is 4.47. The molecule has 0 saturated heterocycles. The minimum Gasteiger partial charge on any atom is -0.497 e. The van der Waals surface area contributed by atoms with Crippen molar-refractivity contribution in [2.45, 2.75) is 45.5 Å². The highest BCUT2D eigenvalue weighted by atomic mass is 35.5. The maximum Gasteiger partial charge on any atom is 0.417 e. The van der Waals surface area contributed by atoms with Crippen LogP contribution in [-0.2, 0) is 32.3 Å². The fourth-order valence-corrected chi connectivity index (χ4v) is 4.61. The molecule has 0 saturated carbocycles. The van der Waals surface area contributed by atoms with Crippen LogP contribution in [-0.4, -0.2) is 57.6 Å². The lowest BCUT2D eigenvalue weighted by atomic mass is 10.1. The van der Waals surface area contributed by atoms with Gasteiger partial charge in [-0.25, -0.2) is 8.42 Å². The number of hydrogen-bond donors (Lipinski definition) is 1. The van der Waals surface area contributed by atoms with Gasteiger partial charge < -0.3 is 15.0 Å². The molecule has 0 heterocycles. The highest BCUT2D eigenvalue weighted by molar-refractivity contribution is 7.92. The number of nitrogens with one attached hydrogen (secondary N) is 1. The number of carbonyl (C=O) groups excluding carboxylic acids is 2. The van der Waals surface area contributed by atoms with Gasteiger partial charge in [0.2, 0.25) is 21.8 Å². The average molecular weight is 578 g/mol. The first-order valence-electron chi connectivity index (χ1n) is 11.7. The maximum atomic E-state index is 13.5. The average Bonchev–Trinajstić information content (AvgIpc) is 2.84. The predicted molar refractivity (Wildman–Crippen MR) is 140 cm³/mol. The van der Waals surface area contributed by atoms with E-state index in [0.29, 0.717) is 28.2 Å². The number of amides is 2. The summed E-state index contributed by atoms with van der Waals surface area (Å²) in [7, 11) is -2.71. The number of carbonyl (C=O) groups is 2. The summed E-state index contributed by atoms with van der Waals surface area (Å²) in [6.07, 6.45) is -2.50. The molecule has 2 aromatic carbocycles. The Morgan fingerprint density at radius 3 is 2.29 bits per heavy atom. The van der Waals surface area contributed by atoms with Crippen LogP contribution in [0.4, 0.5) is 18.9 Å². The molecule has 0 fully saturated rings. The third-order valence-corrected chi connectivity index (χ3v) is 7.20. The van der Waals surface area contributed by atoms with Crippen LogP contribution in [0.25, 0.3) is 0 Å². The quantitative estimate of drug-likeness (QED) is 0.376. The number of methoxy groups -OCH3 is 1. The zero-order valence-electron chi connectivity index (χ0n) is 21.5. The van der Waals surface area contributed by atoms with E-state index >= 15 is 0 Å². The van der Waals surface area contributed by atoms with Crippen molar-refractivity contribution in [3.05, 3.63) is 58.6 Å². The van der Waals surface area contributed by atoms with E-state index in [1.165, 1.54) is 18.9 Å².